The van der Waals surface area contributed by atoms with E-state index in [1.54, 1.807) is 0 Å². The van der Waals surface area contributed by atoms with Crippen molar-refractivity contribution in [3.8, 4) is 0 Å². The van der Waals surface area contributed by atoms with E-state index in [0.717, 1.165) is 40.2 Å². The molecule has 2 aromatic carbocycles. The number of amides is 2. The number of anilines is 2. The molecule has 0 aliphatic heterocycles. The van der Waals surface area contributed by atoms with Gasteiger partial charge in [-0.2, -0.15) is 0 Å². The van der Waals surface area contributed by atoms with Gasteiger partial charge >= 0.3 is 0 Å². The van der Waals surface area contributed by atoms with Crippen LogP contribution in [0.4, 0.5) is 11.4 Å². The summed E-state index contributed by atoms with van der Waals surface area (Å²) in [5, 5.41) is 5.87. The standard InChI is InChI=1S/C20H22N2O2S/c1-13-8-14(2)10-17(9-13)21-19(23)12-25-18-5-3-4-16(11-18)22-20(24)15-6-7-15/h3-5,8-11,15H,6-7,12H2,1-2H3,(H,21,23)(H,22,24). The van der Waals surface area contributed by atoms with E-state index in [1.165, 1.54) is 11.8 Å². The molecule has 2 amide bonds. The summed E-state index contributed by atoms with van der Waals surface area (Å²) in [6, 6.07) is 13.6. The van der Waals surface area contributed by atoms with Crippen LogP contribution >= 0.6 is 11.8 Å². The first-order valence-corrected chi connectivity index (χ1v) is 9.40. The summed E-state index contributed by atoms with van der Waals surface area (Å²) in [6.45, 7) is 4.03. The Morgan fingerprint density at radius 1 is 1.00 bits per heavy atom. The lowest BCUT2D eigenvalue weighted by atomic mass is 10.1. The fourth-order valence-electron chi connectivity index (χ4n) is 2.65. The van der Waals surface area contributed by atoms with Gasteiger partial charge in [-0.3, -0.25) is 9.59 Å². The van der Waals surface area contributed by atoms with Crippen LogP contribution in [0.15, 0.2) is 47.4 Å². The lowest BCUT2D eigenvalue weighted by Crippen LogP contribution is -2.14. The highest BCUT2D eigenvalue weighted by Gasteiger charge is 2.29. The average Bonchev–Trinajstić information content (AvgIpc) is 3.37. The molecular weight excluding hydrogens is 332 g/mol. The van der Waals surface area contributed by atoms with Crippen molar-refractivity contribution in [3.05, 3.63) is 53.6 Å². The normalized spacial score (nSPS) is 13.4. The summed E-state index contributed by atoms with van der Waals surface area (Å²) in [5.41, 5.74) is 3.87. The minimum Gasteiger partial charge on any atom is -0.326 e. The molecule has 1 fully saturated rings. The van der Waals surface area contributed by atoms with Gasteiger partial charge in [-0.15, -0.1) is 11.8 Å². The zero-order chi connectivity index (χ0) is 17.8. The molecule has 0 saturated heterocycles. The van der Waals surface area contributed by atoms with E-state index in [0.29, 0.717) is 5.75 Å². The number of aryl methyl sites for hydroxylation is 2. The van der Waals surface area contributed by atoms with Crippen LogP contribution in [0.3, 0.4) is 0 Å². The molecule has 1 saturated carbocycles. The summed E-state index contributed by atoms with van der Waals surface area (Å²) < 4.78 is 0. The van der Waals surface area contributed by atoms with E-state index in [4.69, 9.17) is 0 Å². The molecule has 25 heavy (non-hydrogen) atoms. The van der Waals surface area contributed by atoms with E-state index in [2.05, 4.69) is 16.7 Å². The van der Waals surface area contributed by atoms with Crippen LogP contribution in [0, 0.1) is 19.8 Å². The third kappa shape index (κ3) is 5.36. The van der Waals surface area contributed by atoms with E-state index < -0.39 is 0 Å². The number of hydrogen-bond donors (Lipinski definition) is 2. The summed E-state index contributed by atoms with van der Waals surface area (Å²) in [4.78, 5) is 25.0. The third-order valence-corrected chi connectivity index (χ3v) is 4.92. The van der Waals surface area contributed by atoms with Crippen molar-refractivity contribution < 1.29 is 9.59 Å². The van der Waals surface area contributed by atoms with Gasteiger partial charge in [0.1, 0.15) is 0 Å². The molecule has 0 heterocycles. The smallest absolute Gasteiger partial charge is 0.234 e. The quantitative estimate of drug-likeness (QED) is 0.757. The molecule has 0 aromatic heterocycles. The van der Waals surface area contributed by atoms with Crippen molar-refractivity contribution in [1.82, 2.24) is 0 Å². The molecule has 0 bridgehead atoms. The highest BCUT2D eigenvalue weighted by Crippen LogP contribution is 2.30. The average molecular weight is 354 g/mol. The first-order valence-electron chi connectivity index (χ1n) is 8.41. The highest BCUT2D eigenvalue weighted by atomic mass is 32.2. The Balaban J connectivity index is 1.53. The molecule has 4 nitrogen and oxygen atoms in total. The Kier molecular flexibility index (Phi) is 5.43. The number of hydrogen-bond acceptors (Lipinski definition) is 3. The van der Waals surface area contributed by atoms with Crippen LogP contribution in [-0.4, -0.2) is 17.6 Å². The monoisotopic (exact) mass is 354 g/mol. The third-order valence-electron chi connectivity index (χ3n) is 3.93. The summed E-state index contributed by atoms with van der Waals surface area (Å²) in [7, 11) is 0. The van der Waals surface area contributed by atoms with Gasteiger partial charge in [0, 0.05) is 22.2 Å². The largest absolute Gasteiger partial charge is 0.326 e. The molecule has 1 aliphatic carbocycles. The van der Waals surface area contributed by atoms with Gasteiger partial charge in [-0.1, -0.05) is 12.1 Å². The second kappa shape index (κ2) is 7.74. The summed E-state index contributed by atoms with van der Waals surface area (Å²) in [6.07, 6.45) is 1.97. The van der Waals surface area contributed by atoms with Crippen LogP contribution in [0.5, 0.6) is 0 Å². The minimum atomic E-state index is -0.0394. The Morgan fingerprint density at radius 2 is 1.72 bits per heavy atom. The van der Waals surface area contributed by atoms with Gasteiger partial charge in [0.05, 0.1) is 5.75 Å². The van der Waals surface area contributed by atoms with Crippen molar-refractivity contribution in [3.63, 3.8) is 0 Å². The van der Waals surface area contributed by atoms with Crippen LogP contribution in [-0.2, 0) is 9.59 Å². The molecule has 0 radical (unpaired) electrons. The molecule has 130 valence electrons. The number of rotatable bonds is 6. The van der Waals surface area contributed by atoms with Crippen molar-refractivity contribution in [1.29, 1.82) is 0 Å². The lowest BCUT2D eigenvalue weighted by molar-refractivity contribution is -0.117. The molecule has 1 aliphatic rings. The molecule has 0 spiro atoms. The van der Waals surface area contributed by atoms with E-state index >= 15 is 0 Å². The van der Waals surface area contributed by atoms with Crippen LogP contribution < -0.4 is 10.6 Å². The topological polar surface area (TPSA) is 58.2 Å². The zero-order valence-corrected chi connectivity index (χ0v) is 15.3. The number of benzene rings is 2. The fraction of sp³-hybridized carbons (Fsp3) is 0.300. The van der Waals surface area contributed by atoms with Gasteiger partial charge in [0.15, 0.2) is 0 Å². The molecule has 2 aromatic rings. The predicted molar refractivity (Wildman–Crippen MR) is 103 cm³/mol. The Morgan fingerprint density at radius 3 is 2.40 bits per heavy atom. The van der Waals surface area contributed by atoms with Crippen LogP contribution in [0.25, 0.3) is 0 Å². The van der Waals surface area contributed by atoms with Crippen molar-refractivity contribution in [2.45, 2.75) is 31.6 Å². The second-order valence-corrected chi connectivity index (χ2v) is 7.55. The minimum absolute atomic E-state index is 0.0394. The highest BCUT2D eigenvalue weighted by molar-refractivity contribution is 8.00. The number of carbonyl (C=O) groups excluding carboxylic acids is 2. The fourth-order valence-corrected chi connectivity index (χ4v) is 3.40. The zero-order valence-electron chi connectivity index (χ0n) is 14.5. The SMILES string of the molecule is Cc1cc(C)cc(NC(=O)CSc2cccc(NC(=O)C3CC3)c2)c1. The van der Waals surface area contributed by atoms with Crippen molar-refractivity contribution in [2.24, 2.45) is 5.92 Å². The van der Waals surface area contributed by atoms with Crippen LogP contribution in [0.1, 0.15) is 24.0 Å². The number of carbonyl (C=O) groups is 2. The predicted octanol–water partition coefficient (Wildman–Crippen LogP) is 4.38. The lowest BCUT2D eigenvalue weighted by Gasteiger charge is -2.09. The molecule has 0 atom stereocenters. The van der Waals surface area contributed by atoms with Gasteiger partial charge in [-0.25, -0.2) is 0 Å². The molecule has 3 rings (SSSR count). The number of thioether (sulfide) groups is 1. The van der Waals surface area contributed by atoms with E-state index in [-0.39, 0.29) is 17.7 Å². The molecule has 2 N–H and O–H groups in total. The van der Waals surface area contributed by atoms with Crippen LogP contribution in [0.2, 0.25) is 0 Å². The first-order chi connectivity index (χ1) is 12.0. The maximum Gasteiger partial charge on any atom is 0.234 e. The summed E-state index contributed by atoms with van der Waals surface area (Å²) in [5.74, 6) is 0.560. The van der Waals surface area contributed by atoms with Gasteiger partial charge in [0.25, 0.3) is 0 Å². The molecule has 0 unspecified atom stereocenters. The van der Waals surface area contributed by atoms with Crippen molar-refractivity contribution >= 4 is 35.0 Å². The van der Waals surface area contributed by atoms with Gasteiger partial charge in [0.2, 0.25) is 11.8 Å². The Hall–Kier alpha value is -2.27. The maximum absolute atomic E-state index is 12.2. The molecule has 5 heteroatoms. The Labute approximate surface area is 152 Å². The van der Waals surface area contributed by atoms with E-state index in [1.807, 2.05) is 50.2 Å². The van der Waals surface area contributed by atoms with Gasteiger partial charge < -0.3 is 10.6 Å². The van der Waals surface area contributed by atoms with E-state index in [9.17, 15) is 9.59 Å². The Bertz CT molecular complexity index is 780. The first kappa shape index (κ1) is 17.5. The number of nitrogens with one attached hydrogen (secondary N) is 2. The summed E-state index contributed by atoms with van der Waals surface area (Å²) >= 11 is 1.46. The maximum atomic E-state index is 12.2. The molecular formula is C20H22N2O2S. The van der Waals surface area contributed by atoms with Gasteiger partial charge in [-0.05, 0) is 68.1 Å². The van der Waals surface area contributed by atoms with Crippen molar-refractivity contribution in [2.75, 3.05) is 16.4 Å². The second-order valence-electron chi connectivity index (χ2n) is 6.50.